The number of benzene rings is 2. The standard InChI is InChI=1S/C19H21NO2/c1-14(18(21)22)19(12-13-19)20-17(15-8-4-2-5-9-15)16-10-6-3-7-11-16/h2-11,14,17,20H,12-13H2,1H3,(H,21,22). The monoisotopic (exact) mass is 295 g/mol. The smallest absolute Gasteiger partial charge is 0.308 e. The van der Waals surface area contributed by atoms with Crippen molar-refractivity contribution in [3.8, 4) is 0 Å². The first-order valence-electron chi connectivity index (χ1n) is 7.73. The van der Waals surface area contributed by atoms with Crippen molar-refractivity contribution >= 4 is 5.97 Å². The van der Waals surface area contributed by atoms with Crippen LogP contribution in [0.3, 0.4) is 0 Å². The summed E-state index contributed by atoms with van der Waals surface area (Å²) in [5.41, 5.74) is 2.04. The minimum Gasteiger partial charge on any atom is -0.481 e. The van der Waals surface area contributed by atoms with Gasteiger partial charge in [0.25, 0.3) is 0 Å². The highest BCUT2D eigenvalue weighted by Crippen LogP contribution is 2.45. The third-order valence-electron chi connectivity index (χ3n) is 4.69. The van der Waals surface area contributed by atoms with E-state index in [0.717, 1.165) is 24.0 Å². The molecular formula is C19H21NO2. The van der Waals surface area contributed by atoms with Crippen molar-refractivity contribution in [2.75, 3.05) is 0 Å². The summed E-state index contributed by atoms with van der Waals surface area (Å²) in [6.07, 6.45) is 1.83. The summed E-state index contributed by atoms with van der Waals surface area (Å²) in [4.78, 5) is 11.4. The van der Waals surface area contributed by atoms with Crippen LogP contribution in [0.15, 0.2) is 60.7 Å². The number of carboxylic acids is 1. The number of aliphatic carboxylic acids is 1. The molecule has 0 aromatic heterocycles. The molecule has 0 aliphatic heterocycles. The molecule has 2 aromatic rings. The minimum atomic E-state index is -0.732. The average molecular weight is 295 g/mol. The van der Waals surface area contributed by atoms with Crippen molar-refractivity contribution in [1.82, 2.24) is 5.32 Å². The van der Waals surface area contributed by atoms with Gasteiger partial charge in [-0.05, 0) is 24.0 Å². The van der Waals surface area contributed by atoms with Gasteiger partial charge >= 0.3 is 5.97 Å². The van der Waals surface area contributed by atoms with E-state index in [9.17, 15) is 9.90 Å². The molecule has 2 aromatic carbocycles. The van der Waals surface area contributed by atoms with E-state index >= 15 is 0 Å². The Bertz CT molecular complexity index is 595. The van der Waals surface area contributed by atoms with E-state index in [1.165, 1.54) is 0 Å². The molecule has 3 nitrogen and oxygen atoms in total. The molecule has 22 heavy (non-hydrogen) atoms. The van der Waals surface area contributed by atoms with Crippen LogP contribution in [0.4, 0.5) is 0 Å². The summed E-state index contributed by atoms with van der Waals surface area (Å²) in [5, 5.41) is 13.0. The van der Waals surface area contributed by atoms with Gasteiger partial charge in [0.05, 0.1) is 12.0 Å². The molecule has 1 unspecified atom stereocenters. The predicted molar refractivity (Wildman–Crippen MR) is 86.6 cm³/mol. The summed E-state index contributed by atoms with van der Waals surface area (Å²) in [5.74, 6) is -1.12. The Morgan fingerprint density at radius 2 is 1.45 bits per heavy atom. The Labute approximate surface area is 131 Å². The number of carbonyl (C=O) groups is 1. The van der Waals surface area contributed by atoms with E-state index in [-0.39, 0.29) is 17.5 Å². The third kappa shape index (κ3) is 2.90. The zero-order chi connectivity index (χ0) is 15.6. The Hall–Kier alpha value is -2.13. The van der Waals surface area contributed by atoms with E-state index in [1.54, 1.807) is 6.92 Å². The molecule has 1 fully saturated rings. The number of hydrogen-bond acceptors (Lipinski definition) is 2. The zero-order valence-electron chi connectivity index (χ0n) is 12.7. The fourth-order valence-corrected chi connectivity index (χ4v) is 3.01. The van der Waals surface area contributed by atoms with Crippen LogP contribution in [0.5, 0.6) is 0 Å². The summed E-state index contributed by atoms with van der Waals surface area (Å²) >= 11 is 0. The first kappa shape index (κ1) is 14.8. The second kappa shape index (κ2) is 5.93. The fourth-order valence-electron chi connectivity index (χ4n) is 3.01. The highest BCUT2D eigenvalue weighted by molar-refractivity contribution is 5.72. The van der Waals surface area contributed by atoms with E-state index < -0.39 is 5.97 Å². The summed E-state index contributed by atoms with van der Waals surface area (Å²) in [6.45, 7) is 1.80. The molecule has 1 aliphatic carbocycles. The second-order valence-electron chi connectivity index (χ2n) is 6.11. The molecule has 114 valence electrons. The molecular weight excluding hydrogens is 274 g/mol. The lowest BCUT2D eigenvalue weighted by Crippen LogP contribution is -2.43. The van der Waals surface area contributed by atoms with Crippen LogP contribution < -0.4 is 5.32 Å². The average Bonchev–Trinajstić information content (AvgIpc) is 3.34. The second-order valence-corrected chi connectivity index (χ2v) is 6.11. The van der Waals surface area contributed by atoms with Gasteiger partial charge in [-0.3, -0.25) is 10.1 Å². The Morgan fingerprint density at radius 1 is 1.00 bits per heavy atom. The molecule has 0 bridgehead atoms. The summed E-state index contributed by atoms with van der Waals surface area (Å²) in [7, 11) is 0. The first-order valence-corrected chi connectivity index (χ1v) is 7.73. The molecule has 0 heterocycles. The van der Waals surface area contributed by atoms with Crippen molar-refractivity contribution in [1.29, 1.82) is 0 Å². The van der Waals surface area contributed by atoms with Crippen LogP contribution in [0, 0.1) is 5.92 Å². The van der Waals surface area contributed by atoms with Gasteiger partial charge in [0.1, 0.15) is 0 Å². The van der Waals surface area contributed by atoms with Gasteiger partial charge in [-0.25, -0.2) is 0 Å². The number of rotatable bonds is 6. The molecule has 3 rings (SSSR count). The lowest BCUT2D eigenvalue weighted by Gasteiger charge is -2.29. The normalized spacial score (nSPS) is 17.2. The van der Waals surface area contributed by atoms with Gasteiger partial charge in [0.15, 0.2) is 0 Å². The number of nitrogens with one attached hydrogen (secondary N) is 1. The lowest BCUT2D eigenvalue weighted by atomic mass is 9.93. The molecule has 2 N–H and O–H groups in total. The molecule has 1 atom stereocenters. The quantitative estimate of drug-likeness (QED) is 0.855. The molecule has 0 spiro atoms. The lowest BCUT2D eigenvalue weighted by molar-refractivity contribution is -0.142. The van der Waals surface area contributed by atoms with Crippen molar-refractivity contribution in [2.45, 2.75) is 31.3 Å². The van der Waals surface area contributed by atoms with E-state index in [1.807, 2.05) is 36.4 Å². The first-order chi connectivity index (χ1) is 10.6. The maximum absolute atomic E-state index is 11.4. The SMILES string of the molecule is CC(C(=O)O)C1(NC(c2ccccc2)c2ccccc2)CC1. The topological polar surface area (TPSA) is 49.3 Å². The van der Waals surface area contributed by atoms with Crippen LogP contribution in [0.1, 0.15) is 36.9 Å². The van der Waals surface area contributed by atoms with Gasteiger partial charge in [0.2, 0.25) is 0 Å². The highest BCUT2D eigenvalue weighted by Gasteiger charge is 2.51. The predicted octanol–water partition coefficient (Wildman–Crippen LogP) is 3.62. The maximum atomic E-state index is 11.4. The minimum absolute atomic E-state index is 0.0201. The Kier molecular flexibility index (Phi) is 3.99. The zero-order valence-corrected chi connectivity index (χ0v) is 12.7. The van der Waals surface area contributed by atoms with Crippen molar-refractivity contribution in [3.05, 3.63) is 71.8 Å². The van der Waals surface area contributed by atoms with Gasteiger partial charge in [-0.1, -0.05) is 67.6 Å². The van der Waals surface area contributed by atoms with Gasteiger partial charge in [-0.15, -0.1) is 0 Å². The van der Waals surface area contributed by atoms with Crippen molar-refractivity contribution in [2.24, 2.45) is 5.92 Å². The van der Waals surface area contributed by atoms with Gasteiger partial charge in [0, 0.05) is 5.54 Å². The Balaban J connectivity index is 1.92. The molecule has 1 aliphatic rings. The number of carboxylic acid groups (broad SMARTS) is 1. The van der Waals surface area contributed by atoms with E-state index in [2.05, 4.69) is 29.6 Å². The maximum Gasteiger partial charge on any atom is 0.308 e. The van der Waals surface area contributed by atoms with Crippen LogP contribution in [0.2, 0.25) is 0 Å². The molecule has 1 saturated carbocycles. The molecule has 0 amide bonds. The van der Waals surface area contributed by atoms with Gasteiger partial charge in [-0.2, -0.15) is 0 Å². The molecule has 0 saturated heterocycles. The van der Waals surface area contributed by atoms with Crippen molar-refractivity contribution < 1.29 is 9.90 Å². The van der Waals surface area contributed by atoms with Gasteiger partial charge < -0.3 is 5.11 Å². The van der Waals surface area contributed by atoms with Crippen molar-refractivity contribution in [3.63, 3.8) is 0 Å². The fraction of sp³-hybridized carbons (Fsp3) is 0.316. The molecule has 3 heteroatoms. The van der Waals surface area contributed by atoms with Crippen LogP contribution in [-0.4, -0.2) is 16.6 Å². The number of hydrogen-bond donors (Lipinski definition) is 2. The largest absolute Gasteiger partial charge is 0.481 e. The summed E-state index contributed by atoms with van der Waals surface area (Å²) in [6, 6.07) is 20.5. The van der Waals surface area contributed by atoms with Crippen LogP contribution >= 0.6 is 0 Å². The van der Waals surface area contributed by atoms with Crippen LogP contribution in [0.25, 0.3) is 0 Å². The van der Waals surface area contributed by atoms with E-state index in [4.69, 9.17) is 0 Å². The van der Waals surface area contributed by atoms with E-state index in [0.29, 0.717) is 0 Å². The third-order valence-corrected chi connectivity index (χ3v) is 4.69. The highest BCUT2D eigenvalue weighted by atomic mass is 16.4. The summed E-state index contributed by atoms with van der Waals surface area (Å²) < 4.78 is 0. The molecule has 0 radical (unpaired) electrons. The van der Waals surface area contributed by atoms with Crippen LogP contribution in [-0.2, 0) is 4.79 Å². The Morgan fingerprint density at radius 3 is 1.82 bits per heavy atom.